The lowest BCUT2D eigenvalue weighted by Gasteiger charge is -2.31. The normalized spacial score (nSPS) is 16.5. The molecule has 0 saturated heterocycles. The van der Waals surface area contributed by atoms with Crippen LogP contribution in [0, 0.1) is 0 Å². The summed E-state index contributed by atoms with van der Waals surface area (Å²) in [4.78, 5) is 12.4. The fourth-order valence-corrected chi connectivity index (χ4v) is 2.69. The first-order valence-electron chi connectivity index (χ1n) is 7.71. The Labute approximate surface area is 150 Å². The smallest absolute Gasteiger partial charge is 0.422 e. The minimum absolute atomic E-state index is 0. The lowest BCUT2D eigenvalue weighted by Crippen LogP contribution is -2.52. The lowest BCUT2D eigenvalue weighted by atomic mass is 9.82. The number of hydrogen-bond donors (Lipinski definition) is 2. The van der Waals surface area contributed by atoms with Gasteiger partial charge in [-0.15, -0.1) is 12.4 Å². The van der Waals surface area contributed by atoms with Crippen molar-refractivity contribution in [1.29, 1.82) is 0 Å². The molecule has 1 aliphatic rings. The molecule has 0 radical (unpaired) electrons. The molecule has 0 heterocycles. The van der Waals surface area contributed by atoms with E-state index in [1.807, 2.05) is 0 Å². The number of amides is 1. The minimum Gasteiger partial charge on any atom is -0.493 e. The zero-order valence-electron chi connectivity index (χ0n) is 13.8. The van der Waals surface area contributed by atoms with Crippen molar-refractivity contribution >= 4 is 24.0 Å². The molecule has 0 spiro atoms. The van der Waals surface area contributed by atoms with Gasteiger partial charge in [0.2, 0.25) is 5.91 Å². The Morgan fingerprint density at radius 3 is 2.44 bits per heavy atom. The van der Waals surface area contributed by atoms with E-state index in [9.17, 15) is 18.0 Å². The van der Waals surface area contributed by atoms with Crippen molar-refractivity contribution in [3.8, 4) is 11.5 Å². The molecule has 1 saturated carbocycles. The number of nitrogens with one attached hydrogen (secondary N) is 1. The van der Waals surface area contributed by atoms with Gasteiger partial charge in [-0.25, -0.2) is 0 Å². The maximum absolute atomic E-state index is 12.4. The highest BCUT2D eigenvalue weighted by atomic mass is 35.5. The number of halogens is 4. The second-order valence-corrected chi connectivity index (χ2v) is 5.94. The van der Waals surface area contributed by atoms with Crippen molar-refractivity contribution in [2.75, 3.05) is 19.0 Å². The van der Waals surface area contributed by atoms with Crippen LogP contribution < -0.4 is 20.5 Å². The van der Waals surface area contributed by atoms with E-state index < -0.39 is 18.3 Å². The average molecular weight is 383 g/mol. The van der Waals surface area contributed by atoms with Crippen LogP contribution in [-0.2, 0) is 4.79 Å². The third-order valence-electron chi connectivity index (χ3n) is 4.01. The molecule has 0 bridgehead atoms. The molecule has 0 unspecified atom stereocenters. The van der Waals surface area contributed by atoms with Crippen LogP contribution in [-0.4, -0.2) is 31.3 Å². The molecule has 1 amide bonds. The molecule has 0 aliphatic heterocycles. The number of ether oxygens (including phenoxy) is 2. The third-order valence-corrected chi connectivity index (χ3v) is 4.01. The first kappa shape index (κ1) is 21.4. The molecular weight excluding hydrogens is 361 g/mol. The van der Waals surface area contributed by atoms with Gasteiger partial charge in [-0.2, -0.15) is 13.2 Å². The number of anilines is 1. The lowest BCUT2D eigenvalue weighted by molar-refractivity contribution is -0.153. The molecule has 1 aromatic carbocycles. The van der Waals surface area contributed by atoms with Crippen LogP contribution in [0.2, 0.25) is 0 Å². The number of benzene rings is 1. The van der Waals surface area contributed by atoms with Gasteiger partial charge in [-0.05, 0) is 25.0 Å². The molecule has 1 aliphatic carbocycles. The van der Waals surface area contributed by atoms with Gasteiger partial charge in [0.1, 0.15) is 0 Å². The van der Waals surface area contributed by atoms with Crippen molar-refractivity contribution in [2.45, 2.75) is 43.8 Å². The number of nitrogens with two attached hydrogens (primary N) is 1. The molecule has 0 aromatic heterocycles. The van der Waals surface area contributed by atoms with Crippen molar-refractivity contribution in [2.24, 2.45) is 5.73 Å². The topological polar surface area (TPSA) is 73.6 Å². The first-order valence-corrected chi connectivity index (χ1v) is 7.71. The summed E-state index contributed by atoms with van der Waals surface area (Å²) in [5, 5.41) is 2.66. The van der Waals surface area contributed by atoms with Crippen LogP contribution in [0.3, 0.4) is 0 Å². The molecular formula is C16H22ClF3N2O3. The van der Waals surface area contributed by atoms with Crippen LogP contribution in [0.15, 0.2) is 18.2 Å². The van der Waals surface area contributed by atoms with E-state index >= 15 is 0 Å². The van der Waals surface area contributed by atoms with Crippen LogP contribution >= 0.6 is 12.4 Å². The fraction of sp³-hybridized carbons (Fsp3) is 0.562. The van der Waals surface area contributed by atoms with Crippen molar-refractivity contribution in [3.63, 3.8) is 0 Å². The van der Waals surface area contributed by atoms with E-state index in [-0.39, 0.29) is 29.8 Å². The summed E-state index contributed by atoms with van der Waals surface area (Å²) in [5.41, 5.74) is 5.52. The largest absolute Gasteiger partial charge is 0.493 e. The van der Waals surface area contributed by atoms with Gasteiger partial charge in [0, 0.05) is 11.8 Å². The van der Waals surface area contributed by atoms with Gasteiger partial charge in [0.25, 0.3) is 0 Å². The summed E-state index contributed by atoms with van der Waals surface area (Å²) in [6.45, 7) is -1.44. The highest BCUT2D eigenvalue weighted by molar-refractivity contribution is 5.98. The third kappa shape index (κ3) is 5.97. The summed E-state index contributed by atoms with van der Waals surface area (Å²) < 4.78 is 46.7. The zero-order valence-corrected chi connectivity index (χ0v) is 14.6. The van der Waals surface area contributed by atoms with E-state index in [2.05, 4.69) is 5.32 Å². The molecule has 5 nitrogen and oxygen atoms in total. The SMILES string of the molecule is COc1ccc(NC(=O)C2(N)CCCCC2)cc1OCC(F)(F)F.Cl. The van der Waals surface area contributed by atoms with Gasteiger partial charge in [-0.1, -0.05) is 19.3 Å². The highest BCUT2D eigenvalue weighted by Gasteiger charge is 2.35. The maximum Gasteiger partial charge on any atom is 0.422 e. The number of methoxy groups -OCH3 is 1. The standard InChI is InChI=1S/C16H21F3N2O3.ClH/c1-23-12-6-5-11(9-13(12)24-10-16(17,18)19)21-14(22)15(20)7-3-2-4-8-15;/h5-6,9H,2-4,7-8,10,20H2,1H3,(H,21,22);1H. The van der Waals surface area contributed by atoms with Gasteiger partial charge < -0.3 is 20.5 Å². The van der Waals surface area contributed by atoms with Crippen LogP contribution in [0.1, 0.15) is 32.1 Å². The summed E-state index contributed by atoms with van der Waals surface area (Å²) in [5.74, 6) is -0.283. The van der Waals surface area contributed by atoms with Crippen molar-refractivity contribution in [3.05, 3.63) is 18.2 Å². The summed E-state index contributed by atoms with van der Waals surface area (Å²) in [6.07, 6.45) is -0.477. The van der Waals surface area contributed by atoms with Crippen LogP contribution in [0.5, 0.6) is 11.5 Å². The van der Waals surface area contributed by atoms with E-state index in [0.717, 1.165) is 19.3 Å². The highest BCUT2D eigenvalue weighted by Crippen LogP contribution is 2.33. The van der Waals surface area contributed by atoms with Gasteiger partial charge >= 0.3 is 6.18 Å². The fourth-order valence-electron chi connectivity index (χ4n) is 2.69. The van der Waals surface area contributed by atoms with E-state index in [0.29, 0.717) is 18.5 Å². The first-order chi connectivity index (χ1) is 11.2. The molecule has 142 valence electrons. The van der Waals surface area contributed by atoms with Gasteiger partial charge in [0.05, 0.1) is 12.6 Å². The number of carbonyl (C=O) groups excluding carboxylic acids is 1. The van der Waals surface area contributed by atoms with Gasteiger partial charge in [0.15, 0.2) is 18.1 Å². The molecule has 9 heteroatoms. The average Bonchev–Trinajstić information content (AvgIpc) is 2.53. The molecule has 25 heavy (non-hydrogen) atoms. The van der Waals surface area contributed by atoms with E-state index in [1.165, 1.54) is 25.3 Å². The predicted molar refractivity (Wildman–Crippen MR) is 90.4 cm³/mol. The Bertz CT molecular complexity index is 590. The second-order valence-electron chi connectivity index (χ2n) is 5.94. The van der Waals surface area contributed by atoms with E-state index in [1.54, 1.807) is 0 Å². The Morgan fingerprint density at radius 1 is 1.24 bits per heavy atom. The Balaban J connectivity index is 0.00000312. The monoisotopic (exact) mass is 382 g/mol. The molecule has 3 N–H and O–H groups in total. The maximum atomic E-state index is 12.4. The Hall–Kier alpha value is -1.67. The molecule has 2 rings (SSSR count). The van der Waals surface area contributed by atoms with Gasteiger partial charge in [-0.3, -0.25) is 4.79 Å². The summed E-state index contributed by atoms with van der Waals surface area (Å²) in [6, 6.07) is 4.27. The number of alkyl halides is 3. The van der Waals surface area contributed by atoms with E-state index in [4.69, 9.17) is 15.2 Å². The van der Waals surface area contributed by atoms with Crippen LogP contribution in [0.4, 0.5) is 18.9 Å². The Kier molecular flexibility index (Phi) is 7.37. The van der Waals surface area contributed by atoms with Crippen molar-refractivity contribution < 1.29 is 27.4 Å². The Morgan fingerprint density at radius 2 is 1.88 bits per heavy atom. The molecule has 0 atom stereocenters. The molecule has 1 fully saturated rings. The molecule has 1 aromatic rings. The predicted octanol–water partition coefficient (Wildman–Crippen LogP) is 3.66. The number of carbonyl (C=O) groups is 1. The minimum atomic E-state index is -4.46. The number of hydrogen-bond acceptors (Lipinski definition) is 4. The second kappa shape index (κ2) is 8.62. The quantitative estimate of drug-likeness (QED) is 0.815. The zero-order chi connectivity index (χ0) is 17.8. The number of rotatable bonds is 5. The summed E-state index contributed by atoms with van der Waals surface area (Å²) >= 11 is 0. The summed E-state index contributed by atoms with van der Waals surface area (Å²) in [7, 11) is 1.32. The van der Waals surface area contributed by atoms with Crippen molar-refractivity contribution in [1.82, 2.24) is 0 Å². The van der Waals surface area contributed by atoms with Crippen LogP contribution in [0.25, 0.3) is 0 Å².